The topological polar surface area (TPSA) is 96.1 Å². The van der Waals surface area contributed by atoms with E-state index >= 15 is 0 Å². The maximum atomic E-state index is 10.1. The van der Waals surface area contributed by atoms with Crippen LogP contribution in [-0.4, -0.2) is 27.2 Å². The summed E-state index contributed by atoms with van der Waals surface area (Å²) in [7, 11) is 0. The van der Waals surface area contributed by atoms with Gasteiger partial charge in [-0.2, -0.15) is 0 Å². The largest absolute Gasteiger partial charge is 0.391 e. The molecule has 1 aliphatic rings. The van der Waals surface area contributed by atoms with Crippen LogP contribution < -0.4 is 16.6 Å². The summed E-state index contributed by atoms with van der Waals surface area (Å²) >= 11 is 0. The number of rotatable bonds is 3. The molecule has 0 aromatic carbocycles. The maximum Gasteiger partial charge on any atom is 0.145 e. The summed E-state index contributed by atoms with van der Waals surface area (Å²) in [5.41, 5.74) is 2.52. The minimum Gasteiger partial charge on any atom is -0.391 e. The van der Waals surface area contributed by atoms with E-state index in [1.165, 1.54) is 6.42 Å². The summed E-state index contributed by atoms with van der Waals surface area (Å²) < 4.78 is 0. The van der Waals surface area contributed by atoms with Gasteiger partial charge in [-0.1, -0.05) is 19.3 Å². The molecule has 1 aromatic rings. The number of nitrogens with two attached hydrogens (primary N) is 1. The highest BCUT2D eigenvalue weighted by Gasteiger charge is 2.21. The third kappa shape index (κ3) is 3.30. The average Bonchev–Trinajstić information content (AvgIpc) is 2.54. The molecule has 0 bridgehead atoms. The number of aromatic nitrogens is 2. The standard InChI is InChI=1S/C12H21N5O/c1-8-14-11(7-12(15-8)17-13)16-9-5-3-2-4-6-10(9)18/h7,9-10,18H,2-6,13H2,1H3,(H2,14,15,16,17). The molecule has 2 atom stereocenters. The highest BCUT2D eigenvalue weighted by atomic mass is 16.3. The predicted molar refractivity (Wildman–Crippen MR) is 71.1 cm³/mol. The van der Waals surface area contributed by atoms with Gasteiger partial charge in [0.15, 0.2) is 0 Å². The number of nitrogen functional groups attached to an aromatic ring is 1. The van der Waals surface area contributed by atoms with E-state index in [4.69, 9.17) is 5.84 Å². The monoisotopic (exact) mass is 251 g/mol. The summed E-state index contributed by atoms with van der Waals surface area (Å²) in [6.07, 6.45) is 4.93. The molecule has 1 heterocycles. The number of nitrogens with one attached hydrogen (secondary N) is 2. The van der Waals surface area contributed by atoms with E-state index < -0.39 is 0 Å². The van der Waals surface area contributed by atoms with E-state index in [1.807, 2.05) is 6.92 Å². The fourth-order valence-corrected chi connectivity index (χ4v) is 2.36. The van der Waals surface area contributed by atoms with Crippen LogP contribution in [0.4, 0.5) is 11.6 Å². The van der Waals surface area contributed by atoms with Gasteiger partial charge in [-0.15, -0.1) is 0 Å². The van der Waals surface area contributed by atoms with Crippen molar-refractivity contribution < 1.29 is 5.11 Å². The van der Waals surface area contributed by atoms with E-state index in [-0.39, 0.29) is 12.1 Å². The van der Waals surface area contributed by atoms with Gasteiger partial charge in [0, 0.05) is 6.07 Å². The van der Waals surface area contributed by atoms with Gasteiger partial charge < -0.3 is 15.8 Å². The number of nitrogens with zero attached hydrogens (tertiary/aromatic N) is 2. The third-order valence-corrected chi connectivity index (χ3v) is 3.30. The van der Waals surface area contributed by atoms with Gasteiger partial charge in [-0.3, -0.25) is 0 Å². The second-order valence-corrected chi connectivity index (χ2v) is 4.79. The number of hydrazine groups is 1. The van der Waals surface area contributed by atoms with Gasteiger partial charge in [-0.05, 0) is 19.8 Å². The number of aliphatic hydroxyl groups is 1. The van der Waals surface area contributed by atoms with Crippen LogP contribution in [0.25, 0.3) is 0 Å². The van der Waals surface area contributed by atoms with Crippen LogP contribution >= 0.6 is 0 Å². The van der Waals surface area contributed by atoms with Crippen molar-refractivity contribution in [2.75, 3.05) is 10.7 Å². The van der Waals surface area contributed by atoms with Gasteiger partial charge in [0.05, 0.1) is 12.1 Å². The van der Waals surface area contributed by atoms with Crippen molar-refractivity contribution in [2.24, 2.45) is 5.84 Å². The number of hydrogen-bond donors (Lipinski definition) is 4. The molecule has 0 amide bonds. The third-order valence-electron chi connectivity index (χ3n) is 3.30. The lowest BCUT2D eigenvalue weighted by Gasteiger charge is -2.22. The Balaban J connectivity index is 2.09. The minimum absolute atomic E-state index is 0.0624. The molecule has 0 aliphatic heterocycles. The molecule has 1 fully saturated rings. The first-order valence-corrected chi connectivity index (χ1v) is 6.46. The summed E-state index contributed by atoms with van der Waals surface area (Å²) in [5, 5.41) is 13.3. The number of aryl methyl sites for hydroxylation is 1. The van der Waals surface area contributed by atoms with Crippen LogP contribution in [0.1, 0.15) is 37.9 Å². The Kier molecular flexibility index (Phi) is 4.33. The molecule has 6 heteroatoms. The molecule has 1 aromatic heterocycles. The van der Waals surface area contributed by atoms with E-state index in [0.717, 1.165) is 25.7 Å². The Morgan fingerprint density at radius 1 is 1.22 bits per heavy atom. The van der Waals surface area contributed by atoms with Crippen molar-refractivity contribution in [1.29, 1.82) is 0 Å². The van der Waals surface area contributed by atoms with Crippen molar-refractivity contribution in [3.8, 4) is 0 Å². The average molecular weight is 251 g/mol. The first kappa shape index (κ1) is 13.0. The Labute approximate surface area is 107 Å². The Hall–Kier alpha value is -1.40. The lowest BCUT2D eigenvalue weighted by molar-refractivity contribution is 0.144. The highest BCUT2D eigenvalue weighted by Crippen LogP contribution is 2.21. The zero-order valence-electron chi connectivity index (χ0n) is 10.7. The van der Waals surface area contributed by atoms with Gasteiger partial charge in [0.25, 0.3) is 0 Å². The molecule has 0 saturated heterocycles. The van der Waals surface area contributed by atoms with E-state index in [1.54, 1.807) is 6.07 Å². The number of aliphatic hydroxyl groups excluding tert-OH is 1. The SMILES string of the molecule is Cc1nc(NN)cc(NC2CCCCCC2O)n1. The number of hydrogen-bond acceptors (Lipinski definition) is 6. The summed E-state index contributed by atoms with van der Waals surface area (Å²) in [5.74, 6) is 7.29. The maximum absolute atomic E-state index is 10.1. The van der Waals surface area contributed by atoms with E-state index in [0.29, 0.717) is 17.5 Å². The molecule has 0 radical (unpaired) electrons. The first-order chi connectivity index (χ1) is 8.69. The summed E-state index contributed by atoms with van der Waals surface area (Å²) in [6.45, 7) is 1.82. The van der Waals surface area contributed by atoms with Crippen molar-refractivity contribution in [3.63, 3.8) is 0 Å². The zero-order valence-corrected chi connectivity index (χ0v) is 10.7. The quantitative estimate of drug-likeness (QED) is 0.366. The minimum atomic E-state index is -0.308. The first-order valence-electron chi connectivity index (χ1n) is 6.46. The van der Waals surface area contributed by atoms with Crippen LogP contribution in [0.15, 0.2) is 6.07 Å². The van der Waals surface area contributed by atoms with Crippen LogP contribution in [0.2, 0.25) is 0 Å². The molecule has 1 saturated carbocycles. The molecular weight excluding hydrogens is 230 g/mol. The molecule has 2 unspecified atom stereocenters. The lowest BCUT2D eigenvalue weighted by Crippen LogP contribution is -2.33. The summed E-state index contributed by atoms with van der Waals surface area (Å²) in [6, 6.07) is 1.82. The van der Waals surface area contributed by atoms with Crippen LogP contribution in [-0.2, 0) is 0 Å². The van der Waals surface area contributed by atoms with Gasteiger partial charge >= 0.3 is 0 Å². The highest BCUT2D eigenvalue weighted by molar-refractivity contribution is 5.47. The normalized spacial score (nSPS) is 24.4. The summed E-state index contributed by atoms with van der Waals surface area (Å²) in [4.78, 5) is 8.45. The second-order valence-electron chi connectivity index (χ2n) is 4.79. The molecule has 100 valence electrons. The van der Waals surface area contributed by atoms with Gasteiger partial charge in [0.1, 0.15) is 17.5 Å². The van der Waals surface area contributed by atoms with Gasteiger partial charge in [-0.25, -0.2) is 15.8 Å². The van der Waals surface area contributed by atoms with Crippen LogP contribution in [0, 0.1) is 6.92 Å². The fourth-order valence-electron chi connectivity index (χ4n) is 2.36. The lowest BCUT2D eigenvalue weighted by atomic mass is 10.1. The molecule has 18 heavy (non-hydrogen) atoms. The molecule has 0 spiro atoms. The Bertz CT molecular complexity index is 398. The van der Waals surface area contributed by atoms with Gasteiger partial charge in [0.2, 0.25) is 0 Å². The Morgan fingerprint density at radius 2 is 1.94 bits per heavy atom. The fraction of sp³-hybridized carbons (Fsp3) is 0.667. The van der Waals surface area contributed by atoms with E-state index in [2.05, 4.69) is 20.7 Å². The van der Waals surface area contributed by atoms with Crippen LogP contribution in [0.5, 0.6) is 0 Å². The molecular formula is C12H21N5O. The van der Waals surface area contributed by atoms with Crippen LogP contribution in [0.3, 0.4) is 0 Å². The zero-order chi connectivity index (χ0) is 13.0. The van der Waals surface area contributed by atoms with Crippen molar-refractivity contribution in [3.05, 3.63) is 11.9 Å². The van der Waals surface area contributed by atoms with E-state index in [9.17, 15) is 5.11 Å². The molecule has 1 aliphatic carbocycles. The predicted octanol–water partition coefficient (Wildman–Crippen LogP) is 1.18. The Morgan fingerprint density at radius 3 is 2.72 bits per heavy atom. The molecule has 2 rings (SSSR count). The second kappa shape index (κ2) is 5.97. The number of anilines is 2. The van der Waals surface area contributed by atoms with Crippen molar-refractivity contribution in [2.45, 2.75) is 51.2 Å². The molecule has 5 N–H and O–H groups in total. The van der Waals surface area contributed by atoms with Crippen molar-refractivity contribution >= 4 is 11.6 Å². The van der Waals surface area contributed by atoms with Crippen molar-refractivity contribution in [1.82, 2.24) is 9.97 Å². The smallest absolute Gasteiger partial charge is 0.145 e. The molecule has 6 nitrogen and oxygen atoms in total.